The van der Waals surface area contributed by atoms with Crippen molar-refractivity contribution in [3.05, 3.63) is 97.3 Å². The fraction of sp³-hybridized carbons (Fsp3) is 0.0833. The van der Waals surface area contributed by atoms with Gasteiger partial charge in [0.2, 0.25) is 0 Å². The number of benzene rings is 3. The van der Waals surface area contributed by atoms with Crippen LogP contribution in [0.4, 0.5) is 5.69 Å². The van der Waals surface area contributed by atoms with Crippen LogP contribution in [0, 0.1) is 0 Å². The minimum absolute atomic E-state index is 0.112. The van der Waals surface area contributed by atoms with Crippen molar-refractivity contribution >= 4 is 73.7 Å². The minimum atomic E-state index is -0.112. The molecule has 0 aromatic heterocycles. The van der Waals surface area contributed by atoms with Crippen LogP contribution in [0.25, 0.3) is 6.08 Å². The topological polar surface area (TPSA) is 41.9 Å². The summed E-state index contributed by atoms with van der Waals surface area (Å²) in [5, 5.41) is 1.82. The zero-order valence-electron chi connectivity index (χ0n) is 16.9. The quantitative estimate of drug-likeness (QED) is 0.309. The number of thioether (sulfide) groups is 1. The number of nitrogens with zero attached hydrogens (tertiary/aromatic N) is 2. The van der Waals surface area contributed by atoms with Gasteiger partial charge in [0.05, 0.1) is 15.6 Å². The van der Waals surface area contributed by atoms with Crippen molar-refractivity contribution in [3.63, 3.8) is 0 Å². The van der Waals surface area contributed by atoms with Crippen LogP contribution in [0.2, 0.25) is 10.0 Å². The molecule has 162 valence electrons. The maximum Gasteiger partial charge on any atom is 0.266 e. The van der Waals surface area contributed by atoms with Crippen LogP contribution in [0.5, 0.6) is 5.75 Å². The monoisotopic (exact) mass is 546 g/mol. The SMILES string of the molecule is CN1C(=O)/C(=C\c2cccc(OCc3ccccc3Cl)c2)SC1=Nc1ccc(Br)c(Cl)c1. The number of likely N-dealkylation sites (N-methyl/N-ethyl adjacent to an activating group) is 1. The summed E-state index contributed by atoms with van der Waals surface area (Å²) in [6.45, 7) is 0.364. The number of rotatable bonds is 5. The van der Waals surface area contributed by atoms with Gasteiger partial charge in [0.1, 0.15) is 12.4 Å². The molecule has 1 amide bonds. The Labute approximate surface area is 209 Å². The van der Waals surface area contributed by atoms with E-state index in [0.29, 0.717) is 38.2 Å². The Balaban J connectivity index is 1.51. The second-order valence-corrected chi connectivity index (χ2v) is 9.60. The Morgan fingerprint density at radius 1 is 1.06 bits per heavy atom. The van der Waals surface area contributed by atoms with Gasteiger partial charge in [-0.15, -0.1) is 0 Å². The zero-order valence-corrected chi connectivity index (χ0v) is 20.8. The third-order valence-corrected chi connectivity index (χ3v) is 7.30. The molecule has 1 aliphatic heterocycles. The first-order valence-electron chi connectivity index (χ1n) is 9.58. The molecule has 0 spiro atoms. The van der Waals surface area contributed by atoms with Gasteiger partial charge in [-0.3, -0.25) is 9.69 Å². The summed E-state index contributed by atoms with van der Waals surface area (Å²) in [5.41, 5.74) is 2.45. The van der Waals surface area contributed by atoms with Gasteiger partial charge in [-0.2, -0.15) is 0 Å². The lowest BCUT2D eigenvalue weighted by molar-refractivity contribution is -0.121. The lowest BCUT2D eigenvalue weighted by atomic mass is 10.2. The van der Waals surface area contributed by atoms with Crippen molar-refractivity contribution in [2.24, 2.45) is 4.99 Å². The second kappa shape index (κ2) is 10.1. The highest BCUT2D eigenvalue weighted by atomic mass is 79.9. The van der Waals surface area contributed by atoms with Crippen LogP contribution < -0.4 is 4.74 Å². The Kier molecular flexibility index (Phi) is 7.26. The summed E-state index contributed by atoms with van der Waals surface area (Å²) in [7, 11) is 1.71. The first kappa shape index (κ1) is 22.9. The highest BCUT2D eigenvalue weighted by Crippen LogP contribution is 2.35. The van der Waals surface area contributed by atoms with E-state index in [4.69, 9.17) is 27.9 Å². The fourth-order valence-corrected chi connectivity index (χ4v) is 4.54. The molecule has 0 bridgehead atoms. The van der Waals surface area contributed by atoms with E-state index < -0.39 is 0 Å². The van der Waals surface area contributed by atoms with E-state index in [0.717, 1.165) is 15.6 Å². The molecule has 32 heavy (non-hydrogen) atoms. The molecule has 0 radical (unpaired) electrons. The largest absolute Gasteiger partial charge is 0.489 e. The van der Waals surface area contributed by atoms with Crippen molar-refractivity contribution in [3.8, 4) is 5.75 Å². The summed E-state index contributed by atoms with van der Waals surface area (Å²) in [4.78, 5) is 19.4. The maximum absolute atomic E-state index is 12.7. The Hall–Kier alpha value is -2.25. The fourth-order valence-electron chi connectivity index (χ4n) is 2.94. The summed E-state index contributed by atoms with van der Waals surface area (Å²) >= 11 is 17.0. The molecule has 3 aromatic rings. The summed E-state index contributed by atoms with van der Waals surface area (Å²) in [6.07, 6.45) is 1.84. The number of aliphatic imine (C=N–C) groups is 1. The van der Waals surface area contributed by atoms with Crippen LogP contribution in [-0.2, 0) is 11.4 Å². The number of ether oxygens (including phenoxy) is 1. The van der Waals surface area contributed by atoms with Crippen molar-refractivity contribution in [2.45, 2.75) is 6.61 Å². The summed E-state index contributed by atoms with van der Waals surface area (Å²) < 4.78 is 6.69. The molecule has 1 saturated heterocycles. The lowest BCUT2D eigenvalue weighted by Gasteiger charge is -2.08. The number of hydrogen-bond acceptors (Lipinski definition) is 4. The standard InChI is InChI=1S/C24H17BrCl2N2O2S/c1-29-23(30)22(32-24(29)28-17-9-10-19(25)21(27)13-17)12-15-5-4-7-18(11-15)31-14-16-6-2-3-8-20(16)26/h2-13H,14H2,1H3/b22-12+,28-24?. The number of amidine groups is 1. The molecule has 8 heteroatoms. The Morgan fingerprint density at radius 3 is 2.66 bits per heavy atom. The Bertz CT molecular complexity index is 1250. The summed E-state index contributed by atoms with van der Waals surface area (Å²) in [6, 6.07) is 20.6. The smallest absolute Gasteiger partial charge is 0.266 e. The van der Waals surface area contributed by atoms with Crippen molar-refractivity contribution in [2.75, 3.05) is 7.05 Å². The second-order valence-electron chi connectivity index (χ2n) is 6.92. The average molecular weight is 548 g/mol. The van der Waals surface area contributed by atoms with Crippen LogP contribution in [0.1, 0.15) is 11.1 Å². The van der Waals surface area contributed by atoms with Gasteiger partial charge in [0.15, 0.2) is 5.17 Å². The first-order valence-corrected chi connectivity index (χ1v) is 11.9. The number of carbonyl (C=O) groups excluding carboxylic acids is 1. The molecule has 4 nitrogen and oxygen atoms in total. The van der Waals surface area contributed by atoms with E-state index in [1.807, 2.05) is 66.7 Å². The normalized spacial score (nSPS) is 16.2. The van der Waals surface area contributed by atoms with Gasteiger partial charge in [-0.25, -0.2) is 4.99 Å². The molecule has 1 heterocycles. The predicted molar refractivity (Wildman–Crippen MR) is 137 cm³/mol. The van der Waals surface area contributed by atoms with Gasteiger partial charge in [0.25, 0.3) is 5.91 Å². The van der Waals surface area contributed by atoms with Crippen molar-refractivity contribution < 1.29 is 9.53 Å². The molecule has 0 aliphatic carbocycles. The highest BCUT2D eigenvalue weighted by molar-refractivity contribution is 9.10. The lowest BCUT2D eigenvalue weighted by Crippen LogP contribution is -2.23. The molecular weight excluding hydrogens is 531 g/mol. The third-order valence-electron chi connectivity index (χ3n) is 4.64. The van der Waals surface area contributed by atoms with E-state index in [1.54, 1.807) is 13.1 Å². The van der Waals surface area contributed by atoms with Gasteiger partial charge in [-0.05, 0) is 75.7 Å². The molecule has 0 unspecified atom stereocenters. The number of halogens is 3. The molecule has 0 N–H and O–H groups in total. The molecule has 0 atom stereocenters. The van der Waals surface area contributed by atoms with Crippen LogP contribution in [-0.4, -0.2) is 23.0 Å². The average Bonchev–Trinajstić information content (AvgIpc) is 3.04. The van der Waals surface area contributed by atoms with E-state index in [-0.39, 0.29) is 5.91 Å². The van der Waals surface area contributed by atoms with E-state index >= 15 is 0 Å². The van der Waals surface area contributed by atoms with E-state index in [1.165, 1.54) is 16.7 Å². The molecule has 4 rings (SSSR count). The maximum atomic E-state index is 12.7. The van der Waals surface area contributed by atoms with Gasteiger partial charge >= 0.3 is 0 Å². The number of hydrogen-bond donors (Lipinski definition) is 0. The molecule has 0 saturated carbocycles. The molecule has 3 aromatic carbocycles. The first-order chi connectivity index (χ1) is 15.4. The molecular formula is C24H17BrCl2N2O2S. The Morgan fingerprint density at radius 2 is 1.88 bits per heavy atom. The van der Waals surface area contributed by atoms with Crippen molar-refractivity contribution in [1.82, 2.24) is 4.90 Å². The zero-order chi connectivity index (χ0) is 22.7. The van der Waals surface area contributed by atoms with Crippen LogP contribution in [0.15, 0.2) is 81.1 Å². The number of amides is 1. The molecule has 1 fully saturated rings. The number of carbonyl (C=O) groups is 1. The van der Waals surface area contributed by atoms with E-state index in [9.17, 15) is 4.79 Å². The van der Waals surface area contributed by atoms with Crippen LogP contribution >= 0.6 is 50.9 Å². The summed E-state index contributed by atoms with van der Waals surface area (Å²) in [5.74, 6) is 0.584. The minimum Gasteiger partial charge on any atom is -0.489 e. The predicted octanol–water partition coefficient (Wildman–Crippen LogP) is 7.57. The van der Waals surface area contributed by atoms with Gasteiger partial charge in [-0.1, -0.05) is 53.5 Å². The highest BCUT2D eigenvalue weighted by Gasteiger charge is 2.30. The van der Waals surface area contributed by atoms with Gasteiger partial charge < -0.3 is 4.74 Å². The van der Waals surface area contributed by atoms with Gasteiger partial charge in [0, 0.05) is 22.1 Å². The van der Waals surface area contributed by atoms with Crippen molar-refractivity contribution in [1.29, 1.82) is 0 Å². The molecule has 1 aliphatic rings. The third kappa shape index (κ3) is 5.38. The van der Waals surface area contributed by atoms with Crippen LogP contribution in [0.3, 0.4) is 0 Å². The van der Waals surface area contributed by atoms with E-state index in [2.05, 4.69) is 20.9 Å².